The Morgan fingerprint density at radius 1 is 0.914 bits per heavy atom. The number of aryl methyl sites for hydroxylation is 2. The topological polar surface area (TPSA) is 120 Å². The molecule has 11 heteroatoms. The zero-order chi connectivity index (χ0) is 24.6. The van der Waals surface area contributed by atoms with Crippen molar-refractivity contribution < 1.29 is 8.42 Å². The number of aromatic nitrogens is 6. The smallest absolute Gasteiger partial charge is 0.208 e. The molecule has 0 saturated heterocycles. The van der Waals surface area contributed by atoms with E-state index in [1.807, 2.05) is 57.1 Å². The molecule has 3 aromatic heterocycles. The molecule has 1 fully saturated rings. The summed E-state index contributed by atoms with van der Waals surface area (Å²) in [4.78, 5) is 9.59. The average molecular weight is 493 g/mol. The predicted octanol–water partition coefficient (Wildman–Crippen LogP) is 2.83. The molecule has 10 nitrogen and oxygen atoms in total. The Bertz CT molecular complexity index is 1460. The van der Waals surface area contributed by atoms with Crippen LogP contribution < -0.4 is 10.0 Å². The minimum atomic E-state index is -3.24. The minimum Gasteiger partial charge on any atom is -0.367 e. The Labute approximate surface area is 204 Å². The molecule has 0 radical (unpaired) electrons. The molecule has 5 rings (SSSR count). The number of hydrogen-bond acceptors (Lipinski definition) is 7. The van der Waals surface area contributed by atoms with Gasteiger partial charge in [-0.1, -0.05) is 18.2 Å². The molecule has 0 unspecified atom stereocenters. The van der Waals surface area contributed by atoms with Gasteiger partial charge in [0.2, 0.25) is 10.0 Å². The van der Waals surface area contributed by atoms with E-state index in [2.05, 4.69) is 31.3 Å². The van der Waals surface area contributed by atoms with E-state index in [4.69, 9.17) is 4.98 Å². The van der Waals surface area contributed by atoms with Crippen LogP contribution in [0, 0.1) is 0 Å². The highest BCUT2D eigenvalue weighted by Gasteiger charge is 2.28. The molecule has 1 aliphatic rings. The summed E-state index contributed by atoms with van der Waals surface area (Å²) in [6, 6.07) is 8.08. The van der Waals surface area contributed by atoms with Crippen molar-refractivity contribution in [2.24, 2.45) is 14.1 Å². The fourth-order valence-electron chi connectivity index (χ4n) is 4.53. The summed E-state index contributed by atoms with van der Waals surface area (Å²) in [5.74, 6) is 1.31. The van der Waals surface area contributed by atoms with Crippen LogP contribution in [0.3, 0.4) is 0 Å². The molecule has 1 aromatic carbocycles. The van der Waals surface area contributed by atoms with Crippen LogP contribution in [0.1, 0.15) is 19.3 Å². The third-order valence-electron chi connectivity index (χ3n) is 6.12. The fourth-order valence-corrected chi connectivity index (χ4v) is 5.35. The highest BCUT2D eigenvalue weighted by molar-refractivity contribution is 7.88. The summed E-state index contributed by atoms with van der Waals surface area (Å²) in [5, 5.41) is 12.1. The number of benzene rings is 1. The number of sulfonamides is 1. The molecule has 0 bridgehead atoms. The lowest BCUT2D eigenvalue weighted by atomic mass is 10.1. The lowest BCUT2D eigenvalue weighted by Crippen LogP contribution is -2.33. The highest BCUT2D eigenvalue weighted by Crippen LogP contribution is 2.32. The molecule has 35 heavy (non-hydrogen) atoms. The maximum Gasteiger partial charge on any atom is 0.208 e. The van der Waals surface area contributed by atoms with Gasteiger partial charge in [-0.25, -0.2) is 23.1 Å². The van der Waals surface area contributed by atoms with Crippen LogP contribution in [0.2, 0.25) is 0 Å². The van der Waals surface area contributed by atoms with Gasteiger partial charge in [0.1, 0.15) is 5.82 Å². The van der Waals surface area contributed by atoms with Crippen molar-refractivity contribution in [3.05, 3.63) is 55.2 Å². The number of nitrogens with one attached hydrogen (secondary N) is 2. The molecule has 1 saturated carbocycles. The first-order valence-electron chi connectivity index (χ1n) is 11.4. The number of hydrogen-bond donors (Lipinski definition) is 2. The summed E-state index contributed by atoms with van der Waals surface area (Å²) in [5.41, 5.74) is 4.72. The summed E-state index contributed by atoms with van der Waals surface area (Å²) < 4.78 is 29.6. The van der Waals surface area contributed by atoms with Crippen LogP contribution in [0.15, 0.2) is 55.2 Å². The van der Waals surface area contributed by atoms with E-state index in [0.29, 0.717) is 18.1 Å². The molecule has 0 amide bonds. The second-order valence-corrected chi connectivity index (χ2v) is 10.9. The Balaban J connectivity index is 1.47. The first kappa shape index (κ1) is 23.2. The lowest BCUT2D eigenvalue weighted by Gasteiger charge is -2.17. The van der Waals surface area contributed by atoms with E-state index in [1.54, 1.807) is 15.6 Å². The Morgan fingerprint density at radius 2 is 1.60 bits per heavy atom. The summed E-state index contributed by atoms with van der Waals surface area (Å²) in [6.45, 7) is 0. The predicted molar refractivity (Wildman–Crippen MR) is 135 cm³/mol. The molecule has 4 aromatic rings. The van der Waals surface area contributed by atoms with E-state index in [0.717, 1.165) is 40.7 Å². The zero-order valence-electron chi connectivity index (χ0n) is 19.9. The molecule has 0 aliphatic heterocycles. The third-order valence-corrected chi connectivity index (χ3v) is 6.88. The van der Waals surface area contributed by atoms with Gasteiger partial charge in [-0.3, -0.25) is 9.36 Å². The standard InChI is InChI=1S/C24H28N8O2S/c1-31-14-18(11-26-31)16-5-4-6-17(9-16)23-25-13-22(19-12-27-32(2)15-19)24(29-23)28-20-7-8-21(10-20)30-35(3,33)34/h4-6,9,11-15,20-21,30H,7-8,10H2,1-3H3,(H,25,28,29)/t20-,21-/m0/s1. The van der Waals surface area contributed by atoms with Gasteiger partial charge >= 0.3 is 0 Å². The van der Waals surface area contributed by atoms with Crippen molar-refractivity contribution in [3.63, 3.8) is 0 Å². The van der Waals surface area contributed by atoms with Gasteiger partial charge in [0.05, 0.1) is 18.6 Å². The van der Waals surface area contributed by atoms with Crippen LogP contribution in [-0.4, -0.2) is 56.3 Å². The van der Waals surface area contributed by atoms with Crippen LogP contribution >= 0.6 is 0 Å². The van der Waals surface area contributed by atoms with Crippen LogP contribution in [-0.2, 0) is 24.1 Å². The van der Waals surface area contributed by atoms with Crippen LogP contribution in [0.4, 0.5) is 5.82 Å². The fraction of sp³-hybridized carbons (Fsp3) is 0.333. The van der Waals surface area contributed by atoms with Crippen molar-refractivity contribution >= 4 is 15.8 Å². The van der Waals surface area contributed by atoms with Gasteiger partial charge in [-0.15, -0.1) is 0 Å². The van der Waals surface area contributed by atoms with E-state index in [9.17, 15) is 8.42 Å². The molecular weight excluding hydrogens is 464 g/mol. The second-order valence-electron chi connectivity index (χ2n) is 9.08. The molecule has 0 spiro atoms. The number of rotatable bonds is 7. The second kappa shape index (κ2) is 9.23. The van der Waals surface area contributed by atoms with Gasteiger partial charge in [-0.2, -0.15) is 10.2 Å². The maximum absolute atomic E-state index is 11.7. The van der Waals surface area contributed by atoms with Crippen LogP contribution in [0.5, 0.6) is 0 Å². The van der Waals surface area contributed by atoms with Gasteiger partial charge in [0.25, 0.3) is 0 Å². The number of nitrogens with zero attached hydrogens (tertiary/aromatic N) is 6. The Kier molecular flexibility index (Phi) is 6.12. The van der Waals surface area contributed by atoms with Crippen molar-refractivity contribution in [1.82, 2.24) is 34.3 Å². The largest absolute Gasteiger partial charge is 0.367 e. The molecule has 182 valence electrons. The SMILES string of the molecule is Cn1cc(-c2cccc(-c3ncc(-c4cnn(C)c4)c(N[C@H]4CC[C@H](NS(C)(=O)=O)C4)n3)c2)cn1. The zero-order valence-corrected chi connectivity index (χ0v) is 20.7. The van der Waals surface area contributed by atoms with E-state index in [-0.39, 0.29) is 12.1 Å². The van der Waals surface area contributed by atoms with E-state index < -0.39 is 10.0 Å². The van der Waals surface area contributed by atoms with E-state index >= 15 is 0 Å². The van der Waals surface area contributed by atoms with Crippen molar-refractivity contribution in [2.45, 2.75) is 31.3 Å². The quantitative estimate of drug-likeness (QED) is 0.407. The monoisotopic (exact) mass is 492 g/mol. The van der Waals surface area contributed by atoms with Gasteiger partial charge in [0, 0.05) is 67.0 Å². The summed E-state index contributed by atoms with van der Waals surface area (Å²) >= 11 is 0. The molecule has 3 heterocycles. The highest BCUT2D eigenvalue weighted by atomic mass is 32.2. The summed E-state index contributed by atoms with van der Waals surface area (Å²) in [7, 11) is 0.522. The number of anilines is 1. The van der Waals surface area contributed by atoms with Gasteiger partial charge < -0.3 is 5.32 Å². The van der Waals surface area contributed by atoms with Gasteiger partial charge in [-0.05, 0) is 30.9 Å². The van der Waals surface area contributed by atoms with Gasteiger partial charge in [0.15, 0.2) is 5.82 Å². The molecule has 2 N–H and O–H groups in total. The van der Waals surface area contributed by atoms with Crippen molar-refractivity contribution in [2.75, 3.05) is 11.6 Å². The minimum absolute atomic E-state index is 0.0817. The normalized spacial score (nSPS) is 18.1. The van der Waals surface area contributed by atoms with Crippen molar-refractivity contribution in [1.29, 1.82) is 0 Å². The molecule has 2 atom stereocenters. The Hall–Kier alpha value is -3.57. The lowest BCUT2D eigenvalue weighted by molar-refractivity contribution is 0.556. The molecular formula is C24H28N8O2S. The van der Waals surface area contributed by atoms with Crippen LogP contribution in [0.25, 0.3) is 33.6 Å². The first-order valence-corrected chi connectivity index (χ1v) is 13.3. The maximum atomic E-state index is 11.7. The molecule has 1 aliphatic carbocycles. The van der Waals surface area contributed by atoms with Crippen molar-refractivity contribution in [3.8, 4) is 33.6 Å². The first-order chi connectivity index (χ1) is 16.7. The summed E-state index contributed by atoms with van der Waals surface area (Å²) in [6.07, 6.45) is 12.8. The average Bonchev–Trinajstić information content (AvgIpc) is 3.55. The Morgan fingerprint density at radius 3 is 2.29 bits per heavy atom. The third kappa shape index (κ3) is 5.41. The van der Waals surface area contributed by atoms with E-state index in [1.165, 1.54) is 6.26 Å².